The van der Waals surface area contributed by atoms with Crippen LogP contribution < -0.4 is 0 Å². The van der Waals surface area contributed by atoms with E-state index >= 15 is 0 Å². The summed E-state index contributed by atoms with van der Waals surface area (Å²) in [5.41, 5.74) is 0. The fourth-order valence-electron chi connectivity index (χ4n) is 4.18. The summed E-state index contributed by atoms with van der Waals surface area (Å²) in [6.07, 6.45) is 22.9. The van der Waals surface area contributed by atoms with E-state index < -0.39 is 0 Å². The van der Waals surface area contributed by atoms with Gasteiger partial charge in [0.2, 0.25) is 0 Å². The van der Waals surface area contributed by atoms with E-state index in [1.807, 2.05) is 0 Å². The van der Waals surface area contributed by atoms with Gasteiger partial charge in [0.05, 0.1) is 6.67 Å². The van der Waals surface area contributed by atoms with E-state index in [2.05, 4.69) is 11.8 Å². The van der Waals surface area contributed by atoms with E-state index in [0.717, 1.165) is 13.0 Å². The van der Waals surface area contributed by atoms with E-state index in [9.17, 15) is 4.39 Å². The lowest BCUT2D eigenvalue weighted by atomic mass is 10.00. The molecule has 0 spiro atoms. The highest BCUT2D eigenvalue weighted by atomic mass is 19.1. The first-order valence-corrected chi connectivity index (χ1v) is 11.6. The first kappa shape index (κ1) is 22.9. The molecule has 1 fully saturated rings. The van der Waals surface area contributed by atoms with E-state index in [0.29, 0.717) is 0 Å². The highest BCUT2D eigenvalue weighted by Crippen LogP contribution is 2.17. The van der Waals surface area contributed by atoms with Gasteiger partial charge in [-0.1, -0.05) is 96.8 Å². The maximum Gasteiger partial charge on any atom is 0.0934 e. The van der Waals surface area contributed by atoms with Crippen LogP contribution in [-0.2, 0) is 0 Å². The molecule has 1 nitrogen and oxygen atoms in total. The maximum absolute atomic E-state index is 13.5. The van der Waals surface area contributed by atoms with Crippen molar-refractivity contribution in [2.45, 2.75) is 116 Å². The normalized spacial score (nSPS) is 19.4. The van der Waals surface area contributed by atoms with Gasteiger partial charge in [-0.3, -0.25) is 4.39 Å². The van der Waals surface area contributed by atoms with Crippen LogP contribution in [-0.4, -0.2) is 31.2 Å². The molecule has 1 heterocycles. The van der Waals surface area contributed by atoms with Crippen LogP contribution in [0.2, 0.25) is 0 Å². The SMILES string of the molecule is CCCCCCCCCCC(CF)CN1CCCCCCCCCC1. The smallest absolute Gasteiger partial charge is 0.0934 e. The molecule has 25 heavy (non-hydrogen) atoms. The Hall–Kier alpha value is -0.110. The van der Waals surface area contributed by atoms with E-state index in [1.165, 1.54) is 116 Å². The minimum atomic E-state index is -0.118. The third kappa shape index (κ3) is 13.7. The molecule has 1 saturated heterocycles. The summed E-state index contributed by atoms with van der Waals surface area (Å²) in [5.74, 6) is 0.283. The lowest BCUT2D eigenvalue weighted by Gasteiger charge is -2.26. The van der Waals surface area contributed by atoms with Gasteiger partial charge in [-0.15, -0.1) is 0 Å². The van der Waals surface area contributed by atoms with Gasteiger partial charge in [0.25, 0.3) is 0 Å². The second-order valence-corrected chi connectivity index (χ2v) is 8.41. The van der Waals surface area contributed by atoms with Crippen LogP contribution in [0.3, 0.4) is 0 Å². The van der Waals surface area contributed by atoms with Crippen LogP contribution in [0.1, 0.15) is 116 Å². The standard InChI is InChI=1S/C23H46FN/c1-2-3-4-5-6-9-12-15-18-23(21-24)22-25-19-16-13-10-7-8-11-14-17-20-25/h23H,2-22H2,1H3. The van der Waals surface area contributed by atoms with Crippen molar-refractivity contribution in [3.8, 4) is 0 Å². The van der Waals surface area contributed by atoms with Crippen LogP contribution in [0.15, 0.2) is 0 Å². The molecule has 0 N–H and O–H groups in total. The molecule has 1 rings (SSSR count). The van der Waals surface area contributed by atoms with Crippen molar-refractivity contribution in [1.82, 2.24) is 4.90 Å². The molecule has 0 aliphatic carbocycles. The Labute approximate surface area is 158 Å². The Morgan fingerprint density at radius 3 is 1.68 bits per heavy atom. The van der Waals surface area contributed by atoms with Crippen LogP contribution in [0.4, 0.5) is 4.39 Å². The highest BCUT2D eigenvalue weighted by molar-refractivity contribution is 4.68. The average molecular weight is 356 g/mol. The van der Waals surface area contributed by atoms with Gasteiger partial charge in [0, 0.05) is 6.54 Å². The molecule has 0 aromatic rings. The molecule has 1 atom stereocenters. The third-order valence-electron chi connectivity index (χ3n) is 5.90. The molecular formula is C23H46FN. The molecule has 0 bridgehead atoms. The second kappa shape index (κ2) is 17.3. The topological polar surface area (TPSA) is 3.24 Å². The van der Waals surface area contributed by atoms with Crippen LogP contribution >= 0.6 is 0 Å². The lowest BCUT2D eigenvalue weighted by Crippen LogP contribution is -2.32. The zero-order valence-electron chi connectivity index (χ0n) is 17.3. The fraction of sp³-hybridized carbons (Fsp3) is 1.00. The lowest BCUT2D eigenvalue weighted by molar-refractivity contribution is 0.192. The van der Waals surface area contributed by atoms with Gasteiger partial charge in [-0.05, 0) is 38.3 Å². The van der Waals surface area contributed by atoms with Gasteiger partial charge < -0.3 is 4.90 Å². The Morgan fingerprint density at radius 1 is 0.680 bits per heavy atom. The van der Waals surface area contributed by atoms with E-state index in [4.69, 9.17) is 0 Å². The zero-order valence-corrected chi connectivity index (χ0v) is 17.3. The van der Waals surface area contributed by atoms with Gasteiger partial charge >= 0.3 is 0 Å². The Morgan fingerprint density at radius 2 is 1.16 bits per heavy atom. The van der Waals surface area contributed by atoms with Crippen molar-refractivity contribution in [1.29, 1.82) is 0 Å². The number of alkyl halides is 1. The molecule has 1 aliphatic heterocycles. The van der Waals surface area contributed by atoms with Crippen molar-refractivity contribution in [2.24, 2.45) is 5.92 Å². The Bertz CT molecular complexity index is 257. The molecule has 2 heteroatoms. The molecule has 1 aliphatic rings. The maximum atomic E-state index is 13.5. The number of hydrogen-bond acceptors (Lipinski definition) is 1. The molecule has 0 saturated carbocycles. The molecular weight excluding hydrogens is 309 g/mol. The van der Waals surface area contributed by atoms with E-state index in [1.54, 1.807) is 0 Å². The molecule has 0 aromatic heterocycles. The minimum absolute atomic E-state index is 0.118. The molecule has 0 amide bonds. The highest BCUT2D eigenvalue weighted by Gasteiger charge is 2.14. The number of nitrogens with zero attached hydrogens (tertiary/aromatic N) is 1. The van der Waals surface area contributed by atoms with E-state index in [-0.39, 0.29) is 12.6 Å². The Balaban J connectivity index is 2.14. The van der Waals surface area contributed by atoms with Crippen molar-refractivity contribution >= 4 is 0 Å². The number of unbranched alkanes of at least 4 members (excludes halogenated alkanes) is 7. The van der Waals surface area contributed by atoms with Gasteiger partial charge in [-0.2, -0.15) is 0 Å². The van der Waals surface area contributed by atoms with Crippen molar-refractivity contribution in [2.75, 3.05) is 26.3 Å². The van der Waals surface area contributed by atoms with Gasteiger partial charge in [0.15, 0.2) is 0 Å². The molecule has 150 valence electrons. The predicted octanol–water partition coefficient (Wildman–Crippen LogP) is 7.54. The summed E-state index contributed by atoms with van der Waals surface area (Å²) in [7, 11) is 0. The van der Waals surface area contributed by atoms with Crippen LogP contribution in [0, 0.1) is 5.92 Å². The largest absolute Gasteiger partial charge is 0.303 e. The molecule has 1 unspecified atom stereocenters. The average Bonchev–Trinajstić information content (AvgIpc) is 2.69. The number of hydrogen-bond donors (Lipinski definition) is 0. The van der Waals surface area contributed by atoms with Crippen LogP contribution in [0.5, 0.6) is 0 Å². The first-order chi connectivity index (χ1) is 12.4. The summed E-state index contributed by atoms with van der Waals surface area (Å²) in [4.78, 5) is 2.58. The summed E-state index contributed by atoms with van der Waals surface area (Å²) in [6.45, 7) is 5.57. The van der Waals surface area contributed by atoms with Gasteiger partial charge in [0.1, 0.15) is 0 Å². The van der Waals surface area contributed by atoms with Gasteiger partial charge in [-0.25, -0.2) is 0 Å². The number of halogens is 1. The summed E-state index contributed by atoms with van der Waals surface area (Å²) < 4.78 is 13.5. The minimum Gasteiger partial charge on any atom is -0.303 e. The third-order valence-corrected chi connectivity index (χ3v) is 5.90. The second-order valence-electron chi connectivity index (χ2n) is 8.41. The monoisotopic (exact) mass is 355 g/mol. The zero-order chi connectivity index (χ0) is 18.0. The quantitative estimate of drug-likeness (QED) is 0.327. The summed E-state index contributed by atoms with van der Waals surface area (Å²) in [5, 5.41) is 0. The van der Waals surface area contributed by atoms with Crippen molar-refractivity contribution in [3.63, 3.8) is 0 Å². The van der Waals surface area contributed by atoms with Crippen molar-refractivity contribution < 1.29 is 4.39 Å². The summed E-state index contributed by atoms with van der Waals surface area (Å²) >= 11 is 0. The first-order valence-electron chi connectivity index (χ1n) is 11.6. The number of rotatable bonds is 12. The van der Waals surface area contributed by atoms with Crippen LogP contribution in [0.25, 0.3) is 0 Å². The predicted molar refractivity (Wildman–Crippen MR) is 110 cm³/mol. The Kier molecular flexibility index (Phi) is 15.9. The summed E-state index contributed by atoms with van der Waals surface area (Å²) in [6, 6.07) is 0. The molecule has 0 aromatic carbocycles. The fourth-order valence-corrected chi connectivity index (χ4v) is 4.18. The molecule has 0 radical (unpaired) electrons. The van der Waals surface area contributed by atoms with Crippen molar-refractivity contribution in [3.05, 3.63) is 0 Å².